The number of nitrogens with one attached hydrogen (secondary N) is 2. The standard InChI is InChI=1S/C61H94N6O6S2/c1-34(2)13-11-20-60-28-47(70)54(71)43(30-63-7)52(60)46(69)25-45-50(60)37(29-65-56(62)66-35(3)68)26-58(6)44-24-38(61(45,58)73)31-74-75-32-39(67-22-21-64-33-67)27-57(4,5)53-41-16-12-19-59(17-8-9-18-59)51(41)40-15-10-14-36-23-42(44)55(72)49(53)48(36)40/h21-22,25,33-39,42-44,47,49-52,54-55,63,68,70-73H,8-20,23-24,26-32H2,1-7H3,(H3,62,65,66)/t35-,36+,37-,38-,39+,42+,43+,44-,47+,49-,50+,51-,52+,54-,55+,58-,60-,61-/m1/s1. The summed E-state index contributed by atoms with van der Waals surface area (Å²) in [6.45, 7) is 14.1. The van der Waals surface area contributed by atoms with Gasteiger partial charge < -0.3 is 46.5 Å². The SMILES string of the molecule is CNC[C@@H]1[C@@H](O)[C@@H](O)C[C@]2(CCCC(C)C)[C@@H]3C(=CC(=O)[C@H]12)[C@]1(O)[C@H]2CSSC[C@@H](n4ccnc4)CC(C)(C)C4=C5CCCC6(CCCC6)[C@@H]5C5=C6[C@@H](CCC5)C[C@H]([C@H](O)[C@H]64)[C@@H](C2)[C@@]1(C)C[C@@H]3CN=C(N)N[C@@H](C)O. The summed E-state index contributed by atoms with van der Waals surface area (Å²) < 4.78 is 2.33. The van der Waals surface area contributed by atoms with Gasteiger partial charge >= 0.3 is 0 Å². The molecule has 75 heavy (non-hydrogen) atoms. The Labute approximate surface area is 456 Å². The molecule has 0 radical (unpaired) electrons. The second-order valence-electron chi connectivity index (χ2n) is 27.7. The first-order valence-corrected chi connectivity index (χ1v) is 32.4. The maximum Gasteiger partial charge on any atom is 0.190 e. The van der Waals surface area contributed by atoms with E-state index < -0.39 is 52.8 Å². The average molecular weight is 1070 g/mol. The fourth-order valence-corrected chi connectivity index (χ4v) is 23.3. The number of ketones is 1. The van der Waals surface area contributed by atoms with E-state index >= 15 is 4.79 Å². The Balaban J connectivity index is 1.10. The highest BCUT2D eigenvalue weighted by Gasteiger charge is 2.74. The number of rotatable bonds is 10. The van der Waals surface area contributed by atoms with Gasteiger partial charge in [0.15, 0.2) is 11.7 Å². The third kappa shape index (κ3) is 8.86. The topological polar surface area (TPSA) is 198 Å². The van der Waals surface area contributed by atoms with E-state index in [2.05, 4.69) is 61.0 Å². The average Bonchev–Trinajstić information content (AvgIpc) is 4.21. The highest BCUT2D eigenvalue weighted by atomic mass is 33.1. The number of carbonyl (C=O) groups is 1. The van der Waals surface area contributed by atoms with Crippen molar-refractivity contribution in [1.82, 2.24) is 20.2 Å². The van der Waals surface area contributed by atoms with E-state index in [4.69, 9.17) is 10.7 Å². The van der Waals surface area contributed by atoms with E-state index in [-0.39, 0.29) is 65.1 Å². The fourth-order valence-electron chi connectivity index (χ4n) is 20.6. The number of aliphatic imine (C=N–C) groups is 1. The zero-order valence-corrected chi connectivity index (χ0v) is 48.1. The zero-order valence-electron chi connectivity index (χ0n) is 46.5. The summed E-state index contributed by atoms with van der Waals surface area (Å²) in [5, 5.41) is 69.6. The van der Waals surface area contributed by atoms with Crippen LogP contribution >= 0.6 is 21.6 Å². The first-order valence-electron chi connectivity index (χ1n) is 29.9. The van der Waals surface area contributed by atoms with Crippen molar-refractivity contribution in [1.29, 1.82) is 0 Å². The van der Waals surface area contributed by atoms with Crippen molar-refractivity contribution in [3.8, 4) is 0 Å². The zero-order chi connectivity index (χ0) is 53.0. The number of imidazole rings is 1. The molecule has 1 aromatic heterocycles. The van der Waals surface area contributed by atoms with Gasteiger partial charge in [-0.05, 0) is 167 Å². The summed E-state index contributed by atoms with van der Waals surface area (Å²) in [6.07, 6.45) is 22.6. The number of aliphatic hydroxyl groups is 5. The first kappa shape index (κ1) is 54.8. The molecule has 4 bridgehead atoms. The molecule has 1 saturated heterocycles. The summed E-state index contributed by atoms with van der Waals surface area (Å²) in [7, 11) is 5.63. The Morgan fingerprint density at radius 1 is 0.960 bits per heavy atom. The van der Waals surface area contributed by atoms with Crippen molar-refractivity contribution >= 4 is 33.3 Å². The largest absolute Gasteiger partial charge is 0.392 e. The van der Waals surface area contributed by atoms with E-state index in [9.17, 15) is 25.5 Å². The van der Waals surface area contributed by atoms with Gasteiger partial charge in [-0.25, -0.2) is 4.98 Å². The normalized spacial score (nSPS) is 43.6. The van der Waals surface area contributed by atoms with Crippen molar-refractivity contribution in [3.63, 3.8) is 0 Å². The number of carbonyl (C=O) groups excluding carboxylic acids is 1. The Morgan fingerprint density at radius 2 is 1.71 bits per heavy atom. The molecule has 1 aromatic rings. The summed E-state index contributed by atoms with van der Waals surface area (Å²) in [6, 6.07) is 0.174. The molecule has 2 heterocycles. The lowest BCUT2D eigenvalue weighted by Crippen LogP contribution is -2.68. The number of nitrogens with zero attached hydrogens (tertiary/aromatic N) is 3. The molecule has 0 unspecified atom stereocenters. The molecular formula is C61H94N6O6S2. The van der Waals surface area contributed by atoms with Gasteiger partial charge in [0, 0.05) is 78.0 Å². The number of guanidine groups is 1. The monoisotopic (exact) mass is 1070 g/mol. The Kier molecular flexibility index (Phi) is 15.1. The number of hydrogen-bond acceptors (Lipinski definition) is 11. The van der Waals surface area contributed by atoms with Crippen LogP contribution in [0.2, 0.25) is 0 Å². The van der Waals surface area contributed by atoms with Crippen LogP contribution < -0.4 is 16.4 Å². The molecule has 7 fully saturated rings. The van der Waals surface area contributed by atoms with Crippen LogP contribution in [0.1, 0.15) is 163 Å². The van der Waals surface area contributed by atoms with Crippen LogP contribution in [0, 0.1) is 86.8 Å². The summed E-state index contributed by atoms with van der Waals surface area (Å²) in [4.78, 5) is 25.3. The molecule has 9 aliphatic carbocycles. The van der Waals surface area contributed by atoms with Gasteiger partial charge in [0.05, 0.1) is 30.2 Å². The third-order valence-electron chi connectivity index (χ3n) is 22.9. The highest BCUT2D eigenvalue weighted by Crippen LogP contribution is 2.75. The van der Waals surface area contributed by atoms with Gasteiger partial charge in [-0.3, -0.25) is 9.79 Å². The van der Waals surface area contributed by atoms with Gasteiger partial charge in [-0.15, -0.1) is 0 Å². The Bertz CT molecular complexity index is 2410. The van der Waals surface area contributed by atoms with Crippen LogP contribution in [0.5, 0.6) is 0 Å². The van der Waals surface area contributed by atoms with E-state index in [1.54, 1.807) is 29.2 Å². The summed E-state index contributed by atoms with van der Waals surface area (Å²) in [5.41, 5.74) is 11.2. The first-order chi connectivity index (χ1) is 35.8. The molecule has 14 heteroatoms. The van der Waals surface area contributed by atoms with E-state index in [1.807, 2.05) is 47.2 Å². The van der Waals surface area contributed by atoms with Gasteiger partial charge in [0.25, 0.3) is 0 Å². The molecule has 10 aliphatic rings. The quantitative estimate of drug-likeness (QED) is 0.0364. The Hall–Kier alpha value is -2.17. The highest BCUT2D eigenvalue weighted by molar-refractivity contribution is 8.76. The van der Waals surface area contributed by atoms with Crippen molar-refractivity contribution in [2.45, 2.75) is 193 Å². The van der Waals surface area contributed by atoms with Gasteiger partial charge in [0.1, 0.15) is 6.23 Å². The number of aliphatic hydroxyl groups excluding tert-OH is 4. The molecular weight excluding hydrogens is 977 g/mol. The minimum atomic E-state index is -1.40. The lowest BCUT2D eigenvalue weighted by Gasteiger charge is -2.66. The maximum absolute atomic E-state index is 15.7. The molecule has 9 N–H and O–H groups in total. The van der Waals surface area contributed by atoms with Crippen LogP contribution in [0.3, 0.4) is 0 Å². The van der Waals surface area contributed by atoms with Gasteiger partial charge in [0.2, 0.25) is 0 Å². The predicted molar refractivity (Wildman–Crippen MR) is 301 cm³/mol. The second kappa shape index (κ2) is 20.7. The van der Waals surface area contributed by atoms with E-state index in [0.717, 1.165) is 62.7 Å². The lowest BCUT2D eigenvalue weighted by atomic mass is 9.39. The Morgan fingerprint density at radius 3 is 2.43 bits per heavy atom. The van der Waals surface area contributed by atoms with Crippen molar-refractivity contribution < 1.29 is 30.3 Å². The minimum Gasteiger partial charge on any atom is -0.392 e. The number of hydrogen-bond donors (Lipinski definition) is 8. The molecule has 1 spiro atoms. The summed E-state index contributed by atoms with van der Waals surface area (Å²) in [5.74, 6) is 0.934. The number of fused-ring (bicyclic) bond motifs is 14. The molecule has 0 amide bonds. The fraction of sp³-hybridized carbons (Fsp3) is 0.820. The minimum absolute atomic E-state index is 0.0458. The van der Waals surface area contributed by atoms with Gasteiger partial charge in [-0.1, -0.05) is 104 Å². The van der Waals surface area contributed by atoms with Crippen molar-refractivity contribution in [2.24, 2.45) is 97.5 Å². The van der Waals surface area contributed by atoms with E-state index in [1.165, 1.54) is 44.9 Å². The van der Waals surface area contributed by atoms with Crippen LogP contribution in [0.15, 0.2) is 57.7 Å². The van der Waals surface area contributed by atoms with Crippen molar-refractivity contribution in [2.75, 3.05) is 31.6 Å². The molecule has 12 nitrogen and oxygen atoms in total. The number of nitrogens with two attached hydrogens (primary N) is 1. The van der Waals surface area contributed by atoms with Gasteiger partial charge in [-0.2, -0.15) is 0 Å². The second-order valence-corrected chi connectivity index (χ2v) is 30.3. The smallest absolute Gasteiger partial charge is 0.190 e. The van der Waals surface area contributed by atoms with E-state index in [0.29, 0.717) is 54.9 Å². The maximum atomic E-state index is 15.7. The molecule has 416 valence electrons. The number of aromatic nitrogens is 2. The molecule has 11 rings (SSSR count). The molecule has 1 aliphatic heterocycles. The molecule has 18 atom stereocenters. The predicted octanol–water partition coefficient (Wildman–Crippen LogP) is 9.15. The third-order valence-corrected chi connectivity index (χ3v) is 25.4. The molecule has 0 aromatic carbocycles. The van der Waals surface area contributed by atoms with Crippen molar-refractivity contribution in [3.05, 3.63) is 52.7 Å². The lowest BCUT2D eigenvalue weighted by molar-refractivity contribution is -0.190. The molecule has 6 saturated carbocycles. The van der Waals surface area contributed by atoms with Crippen LogP contribution in [-0.2, 0) is 4.79 Å². The van der Waals surface area contributed by atoms with Crippen LogP contribution in [0.25, 0.3) is 0 Å². The summed E-state index contributed by atoms with van der Waals surface area (Å²) >= 11 is 0. The number of allylic oxidation sites excluding steroid dienone is 3. The van der Waals surface area contributed by atoms with Crippen LogP contribution in [-0.4, -0.2) is 109 Å². The van der Waals surface area contributed by atoms with Crippen LogP contribution in [0.4, 0.5) is 0 Å².